The number of carbonyl (C=O) groups excluding carboxylic acids is 2. The first-order chi connectivity index (χ1) is 12.1. The molecular formula is C17H20N4O3S. The molecule has 1 N–H and O–H groups in total. The van der Waals surface area contributed by atoms with Gasteiger partial charge in [-0.15, -0.1) is 11.8 Å². The van der Waals surface area contributed by atoms with Gasteiger partial charge in [-0.05, 0) is 17.7 Å². The van der Waals surface area contributed by atoms with Crippen LogP contribution in [-0.2, 0) is 16.6 Å². The number of benzene rings is 1. The average molecular weight is 360 g/mol. The van der Waals surface area contributed by atoms with Crippen LogP contribution < -0.4 is 10.1 Å². The van der Waals surface area contributed by atoms with Crippen LogP contribution in [0.5, 0.6) is 5.75 Å². The molecule has 2 heterocycles. The van der Waals surface area contributed by atoms with Gasteiger partial charge in [-0.2, -0.15) is 0 Å². The molecule has 25 heavy (non-hydrogen) atoms. The average Bonchev–Trinajstić information content (AvgIpc) is 3.21. The zero-order valence-corrected chi connectivity index (χ0v) is 15.0. The molecule has 7 nitrogen and oxygen atoms in total. The summed E-state index contributed by atoms with van der Waals surface area (Å²) in [6, 6.07) is 7.09. The van der Waals surface area contributed by atoms with Gasteiger partial charge in [0, 0.05) is 19.4 Å². The van der Waals surface area contributed by atoms with Crippen molar-refractivity contribution in [3.05, 3.63) is 48.0 Å². The fourth-order valence-electron chi connectivity index (χ4n) is 2.67. The summed E-state index contributed by atoms with van der Waals surface area (Å²) in [4.78, 5) is 30.1. The summed E-state index contributed by atoms with van der Waals surface area (Å²) in [6.45, 7) is 0.0584. The molecule has 0 unspecified atom stereocenters. The smallest absolute Gasteiger partial charge is 0.240 e. The van der Waals surface area contributed by atoms with Crippen LogP contribution in [0.15, 0.2) is 36.7 Å². The van der Waals surface area contributed by atoms with E-state index in [4.69, 9.17) is 4.74 Å². The first kappa shape index (κ1) is 17.3. The number of carbonyl (C=O) groups is 2. The standard InChI is InChI=1S/C17H20N4O3S/c1-20-8-7-18-17(20)16(12-3-5-13(24-2)6-4-12)19-14(22)9-21-11-25-10-15(21)23/h3-8,16H,9-11H2,1-2H3,(H,19,22)/t16-/m0/s1. The Morgan fingerprint density at radius 3 is 2.72 bits per heavy atom. The summed E-state index contributed by atoms with van der Waals surface area (Å²) in [5.41, 5.74) is 0.894. The van der Waals surface area contributed by atoms with Crippen molar-refractivity contribution in [1.82, 2.24) is 19.8 Å². The third kappa shape index (κ3) is 3.96. The molecule has 1 aliphatic heterocycles. The van der Waals surface area contributed by atoms with Crippen LogP contribution in [0.3, 0.4) is 0 Å². The second kappa shape index (κ2) is 7.60. The lowest BCUT2D eigenvalue weighted by Gasteiger charge is -2.21. The number of ether oxygens (including phenoxy) is 1. The van der Waals surface area contributed by atoms with Crippen LogP contribution in [0.2, 0.25) is 0 Å². The minimum Gasteiger partial charge on any atom is -0.497 e. The van der Waals surface area contributed by atoms with Crippen molar-refractivity contribution < 1.29 is 14.3 Å². The van der Waals surface area contributed by atoms with Crippen molar-refractivity contribution >= 4 is 23.6 Å². The predicted molar refractivity (Wildman–Crippen MR) is 95.2 cm³/mol. The summed E-state index contributed by atoms with van der Waals surface area (Å²) in [6.07, 6.45) is 3.53. The SMILES string of the molecule is COc1ccc([C@H](NC(=O)CN2CSCC2=O)c2nccn2C)cc1. The fourth-order valence-corrected chi connectivity index (χ4v) is 3.57. The van der Waals surface area contributed by atoms with Gasteiger partial charge in [0.2, 0.25) is 11.8 Å². The van der Waals surface area contributed by atoms with Gasteiger partial charge in [0.1, 0.15) is 24.2 Å². The van der Waals surface area contributed by atoms with Crippen LogP contribution in [0.1, 0.15) is 17.4 Å². The number of hydrogen-bond donors (Lipinski definition) is 1. The lowest BCUT2D eigenvalue weighted by Crippen LogP contribution is -2.40. The minimum absolute atomic E-state index is 0.00172. The molecular weight excluding hydrogens is 340 g/mol. The molecule has 0 radical (unpaired) electrons. The molecule has 0 saturated carbocycles. The number of nitrogens with one attached hydrogen (secondary N) is 1. The van der Waals surface area contributed by atoms with E-state index in [0.717, 1.165) is 17.1 Å². The number of aromatic nitrogens is 2. The normalized spacial score (nSPS) is 15.3. The quantitative estimate of drug-likeness (QED) is 0.837. The molecule has 1 fully saturated rings. The lowest BCUT2D eigenvalue weighted by atomic mass is 10.1. The van der Waals surface area contributed by atoms with E-state index in [1.807, 2.05) is 42.1 Å². The maximum absolute atomic E-state index is 12.5. The molecule has 0 bridgehead atoms. The Hall–Kier alpha value is -2.48. The zero-order valence-electron chi connectivity index (χ0n) is 14.1. The van der Waals surface area contributed by atoms with Gasteiger partial charge < -0.3 is 19.5 Å². The Bertz CT molecular complexity index is 760. The number of hydrogen-bond acceptors (Lipinski definition) is 5. The molecule has 1 aromatic heterocycles. The fraction of sp³-hybridized carbons (Fsp3) is 0.353. The van der Waals surface area contributed by atoms with Gasteiger partial charge in [-0.3, -0.25) is 9.59 Å². The lowest BCUT2D eigenvalue weighted by molar-refractivity contribution is -0.132. The van der Waals surface area contributed by atoms with Gasteiger partial charge in [-0.1, -0.05) is 12.1 Å². The van der Waals surface area contributed by atoms with Crippen molar-refractivity contribution in [2.24, 2.45) is 7.05 Å². The van der Waals surface area contributed by atoms with Crippen molar-refractivity contribution in [2.45, 2.75) is 6.04 Å². The highest BCUT2D eigenvalue weighted by molar-refractivity contribution is 8.00. The Morgan fingerprint density at radius 2 is 2.16 bits per heavy atom. The van der Waals surface area contributed by atoms with Gasteiger partial charge in [0.05, 0.1) is 18.7 Å². The third-order valence-electron chi connectivity index (χ3n) is 4.03. The molecule has 3 rings (SSSR count). The number of imidazole rings is 1. The first-order valence-corrected chi connectivity index (χ1v) is 9.00. The third-order valence-corrected chi connectivity index (χ3v) is 4.98. The van der Waals surface area contributed by atoms with E-state index in [1.165, 1.54) is 11.8 Å². The van der Waals surface area contributed by atoms with Crippen LogP contribution in [0.4, 0.5) is 0 Å². The van der Waals surface area contributed by atoms with Crippen LogP contribution in [0.25, 0.3) is 0 Å². The number of rotatable bonds is 6. The molecule has 132 valence electrons. The van der Waals surface area contributed by atoms with E-state index < -0.39 is 6.04 Å². The molecule has 0 aliphatic carbocycles. The van der Waals surface area contributed by atoms with Gasteiger partial charge in [0.15, 0.2) is 0 Å². The summed E-state index contributed by atoms with van der Waals surface area (Å²) in [7, 11) is 3.49. The van der Waals surface area contributed by atoms with E-state index in [1.54, 1.807) is 18.2 Å². The first-order valence-electron chi connectivity index (χ1n) is 7.84. The Labute approximate surface area is 150 Å². The topological polar surface area (TPSA) is 76.5 Å². The Balaban J connectivity index is 1.80. The number of nitrogens with zero attached hydrogens (tertiary/aromatic N) is 3. The van der Waals surface area contributed by atoms with E-state index >= 15 is 0 Å². The summed E-state index contributed by atoms with van der Waals surface area (Å²) < 4.78 is 7.06. The van der Waals surface area contributed by atoms with E-state index in [9.17, 15) is 9.59 Å². The van der Waals surface area contributed by atoms with E-state index in [0.29, 0.717) is 11.6 Å². The van der Waals surface area contributed by atoms with Gasteiger partial charge in [-0.25, -0.2) is 4.98 Å². The monoisotopic (exact) mass is 360 g/mol. The molecule has 2 aromatic rings. The number of amides is 2. The Morgan fingerprint density at radius 1 is 1.40 bits per heavy atom. The van der Waals surface area contributed by atoms with Crippen molar-refractivity contribution in [1.29, 1.82) is 0 Å². The number of methoxy groups -OCH3 is 1. The van der Waals surface area contributed by atoms with Crippen LogP contribution >= 0.6 is 11.8 Å². The highest BCUT2D eigenvalue weighted by Crippen LogP contribution is 2.23. The largest absolute Gasteiger partial charge is 0.497 e. The molecule has 1 aromatic carbocycles. The Kier molecular flexibility index (Phi) is 5.28. The highest BCUT2D eigenvalue weighted by atomic mass is 32.2. The van der Waals surface area contributed by atoms with Crippen LogP contribution in [0, 0.1) is 0 Å². The minimum atomic E-state index is -0.399. The van der Waals surface area contributed by atoms with Crippen LogP contribution in [-0.4, -0.2) is 51.5 Å². The summed E-state index contributed by atoms with van der Waals surface area (Å²) in [5, 5.41) is 3.00. The van der Waals surface area contributed by atoms with Gasteiger partial charge in [0.25, 0.3) is 0 Å². The number of thioether (sulfide) groups is 1. The van der Waals surface area contributed by atoms with Crippen molar-refractivity contribution in [2.75, 3.05) is 25.3 Å². The second-order valence-corrected chi connectivity index (χ2v) is 6.69. The van der Waals surface area contributed by atoms with Crippen molar-refractivity contribution in [3.8, 4) is 5.75 Å². The molecule has 1 atom stereocenters. The molecule has 2 amide bonds. The van der Waals surface area contributed by atoms with E-state index in [-0.39, 0.29) is 18.4 Å². The highest BCUT2D eigenvalue weighted by Gasteiger charge is 2.26. The maximum atomic E-state index is 12.5. The van der Waals surface area contributed by atoms with E-state index in [2.05, 4.69) is 10.3 Å². The second-order valence-electron chi connectivity index (χ2n) is 5.74. The van der Waals surface area contributed by atoms with Crippen molar-refractivity contribution in [3.63, 3.8) is 0 Å². The molecule has 1 saturated heterocycles. The van der Waals surface area contributed by atoms with Gasteiger partial charge >= 0.3 is 0 Å². The molecule has 1 aliphatic rings. The molecule has 8 heteroatoms. The molecule has 0 spiro atoms. The summed E-state index contributed by atoms with van der Waals surface area (Å²) >= 11 is 1.52. The number of aryl methyl sites for hydroxylation is 1. The maximum Gasteiger partial charge on any atom is 0.240 e. The summed E-state index contributed by atoms with van der Waals surface area (Å²) in [5.74, 6) is 2.25. The zero-order chi connectivity index (χ0) is 17.8. The predicted octanol–water partition coefficient (Wildman–Crippen LogP) is 1.17.